The fourth-order valence-electron chi connectivity index (χ4n) is 1.52. The van der Waals surface area contributed by atoms with Gasteiger partial charge in [0.25, 0.3) is 0 Å². The van der Waals surface area contributed by atoms with Crippen LogP contribution in [0.1, 0.15) is 0 Å². The molecule has 0 aromatic heterocycles. The number of benzene rings is 1. The van der Waals surface area contributed by atoms with Crippen molar-refractivity contribution < 1.29 is 23.7 Å². The number of carbonyl (C=O) groups is 1. The average Bonchev–Trinajstić information content (AvgIpc) is 2.48. The Morgan fingerprint density at radius 3 is 2.57 bits per heavy atom. The van der Waals surface area contributed by atoms with Crippen molar-refractivity contribution in [3.8, 4) is 5.75 Å². The van der Waals surface area contributed by atoms with Crippen molar-refractivity contribution in [3.05, 3.63) is 18.2 Å². The van der Waals surface area contributed by atoms with Crippen LogP contribution in [0, 0.1) is 0 Å². The Hall–Kier alpha value is -1.83. The van der Waals surface area contributed by atoms with Crippen LogP contribution >= 0.6 is 0 Å². The fourth-order valence-corrected chi connectivity index (χ4v) is 1.52. The monoisotopic (exact) mass is 298 g/mol. The van der Waals surface area contributed by atoms with Crippen LogP contribution in [0.25, 0.3) is 0 Å². The molecule has 7 nitrogen and oxygen atoms in total. The van der Waals surface area contributed by atoms with E-state index in [0.29, 0.717) is 43.6 Å². The van der Waals surface area contributed by atoms with E-state index in [9.17, 15) is 4.79 Å². The van der Waals surface area contributed by atoms with Gasteiger partial charge in [-0.05, 0) is 12.1 Å². The number of methoxy groups -OCH3 is 2. The Kier molecular flexibility index (Phi) is 8.18. The van der Waals surface area contributed by atoms with E-state index in [4.69, 9.17) is 24.7 Å². The molecule has 0 saturated heterocycles. The van der Waals surface area contributed by atoms with Gasteiger partial charge in [-0.1, -0.05) is 0 Å². The third kappa shape index (κ3) is 6.94. The molecule has 7 heteroatoms. The summed E-state index contributed by atoms with van der Waals surface area (Å²) in [5.41, 5.74) is 6.76. The first-order valence-electron chi connectivity index (χ1n) is 6.55. The Labute approximate surface area is 124 Å². The minimum absolute atomic E-state index is 0.0544. The maximum Gasteiger partial charge on any atom is 0.250 e. The summed E-state index contributed by atoms with van der Waals surface area (Å²) in [5.74, 6) is 0.237. The van der Waals surface area contributed by atoms with Crippen molar-refractivity contribution in [2.24, 2.45) is 0 Å². The SMILES string of the molecule is COCCOCCOCC(=O)Nc1ccc(N)cc1OC. The van der Waals surface area contributed by atoms with Crippen LogP contribution in [0.4, 0.5) is 11.4 Å². The molecule has 0 unspecified atom stereocenters. The zero-order valence-corrected chi connectivity index (χ0v) is 12.4. The molecular weight excluding hydrogens is 276 g/mol. The molecule has 1 rings (SSSR count). The van der Waals surface area contributed by atoms with E-state index in [-0.39, 0.29) is 12.5 Å². The molecule has 3 N–H and O–H groups in total. The summed E-state index contributed by atoms with van der Waals surface area (Å²) in [5, 5.41) is 2.69. The van der Waals surface area contributed by atoms with E-state index in [2.05, 4.69) is 5.32 Å². The van der Waals surface area contributed by atoms with E-state index in [0.717, 1.165) is 0 Å². The largest absolute Gasteiger partial charge is 0.494 e. The van der Waals surface area contributed by atoms with Crippen molar-refractivity contribution in [3.63, 3.8) is 0 Å². The molecule has 0 bridgehead atoms. The van der Waals surface area contributed by atoms with Crippen LogP contribution in [0.3, 0.4) is 0 Å². The summed E-state index contributed by atoms with van der Waals surface area (Å²) < 4.78 is 20.4. The first kappa shape index (κ1) is 17.2. The molecule has 0 fully saturated rings. The lowest BCUT2D eigenvalue weighted by Gasteiger charge is -2.11. The highest BCUT2D eigenvalue weighted by atomic mass is 16.5. The number of hydrogen-bond donors (Lipinski definition) is 2. The molecule has 118 valence electrons. The van der Waals surface area contributed by atoms with E-state index in [1.54, 1.807) is 25.3 Å². The van der Waals surface area contributed by atoms with Crippen LogP contribution < -0.4 is 15.8 Å². The standard InChI is InChI=1S/C14H22N2O5/c1-18-5-6-20-7-8-21-10-14(17)16-12-4-3-11(15)9-13(12)19-2/h3-4,9H,5-8,10,15H2,1-2H3,(H,16,17). The molecule has 1 amide bonds. The van der Waals surface area contributed by atoms with Gasteiger partial charge in [0, 0.05) is 18.9 Å². The van der Waals surface area contributed by atoms with Crippen molar-refractivity contribution >= 4 is 17.3 Å². The molecule has 0 spiro atoms. The number of nitrogens with one attached hydrogen (secondary N) is 1. The lowest BCUT2D eigenvalue weighted by Crippen LogP contribution is -2.20. The molecule has 0 aliphatic rings. The molecule has 0 atom stereocenters. The van der Waals surface area contributed by atoms with E-state index >= 15 is 0 Å². The first-order chi connectivity index (χ1) is 10.2. The maximum absolute atomic E-state index is 11.7. The van der Waals surface area contributed by atoms with Crippen LogP contribution in [-0.4, -0.2) is 53.2 Å². The number of nitrogens with two attached hydrogens (primary N) is 1. The van der Waals surface area contributed by atoms with Crippen molar-refractivity contribution in [2.75, 3.05) is 58.3 Å². The molecule has 0 heterocycles. The van der Waals surface area contributed by atoms with Gasteiger partial charge in [0.2, 0.25) is 5.91 Å². The molecule has 0 aliphatic carbocycles. The van der Waals surface area contributed by atoms with Gasteiger partial charge in [0.1, 0.15) is 12.4 Å². The van der Waals surface area contributed by atoms with Gasteiger partial charge in [-0.15, -0.1) is 0 Å². The minimum Gasteiger partial charge on any atom is -0.494 e. The maximum atomic E-state index is 11.7. The summed E-state index contributed by atoms with van der Waals surface area (Å²) >= 11 is 0. The van der Waals surface area contributed by atoms with Gasteiger partial charge >= 0.3 is 0 Å². The Morgan fingerprint density at radius 2 is 1.86 bits per heavy atom. The number of hydrogen-bond acceptors (Lipinski definition) is 6. The second-order valence-electron chi connectivity index (χ2n) is 4.17. The molecule has 21 heavy (non-hydrogen) atoms. The van der Waals surface area contributed by atoms with Crippen molar-refractivity contribution in [1.29, 1.82) is 0 Å². The summed E-state index contributed by atoms with van der Waals surface area (Å²) in [6, 6.07) is 5.00. The number of anilines is 2. The lowest BCUT2D eigenvalue weighted by molar-refractivity contribution is -0.121. The van der Waals surface area contributed by atoms with Gasteiger partial charge in [-0.3, -0.25) is 4.79 Å². The third-order valence-electron chi connectivity index (χ3n) is 2.54. The molecule has 0 radical (unpaired) electrons. The number of nitrogen functional groups attached to an aromatic ring is 1. The molecule has 1 aromatic rings. The van der Waals surface area contributed by atoms with Gasteiger partial charge < -0.3 is 30.0 Å². The zero-order valence-electron chi connectivity index (χ0n) is 12.4. The van der Waals surface area contributed by atoms with Gasteiger partial charge in [-0.25, -0.2) is 0 Å². The highest BCUT2D eigenvalue weighted by molar-refractivity contribution is 5.93. The van der Waals surface area contributed by atoms with Gasteiger partial charge in [0.05, 0.1) is 39.2 Å². The summed E-state index contributed by atoms with van der Waals surface area (Å²) in [7, 11) is 3.12. The quantitative estimate of drug-likeness (QED) is 0.492. The third-order valence-corrected chi connectivity index (χ3v) is 2.54. The second kappa shape index (κ2) is 9.98. The Bertz CT molecular complexity index is 439. The molecule has 0 aliphatic heterocycles. The normalized spacial score (nSPS) is 10.4. The highest BCUT2D eigenvalue weighted by Crippen LogP contribution is 2.26. The topological polar surface area (TPSA) is 92.0 Å². The molecule has 1 aromatic carbocycles. The summed E-state index contributed by atoms with van der Waals surface area (Å²) in [6.07, 6.45) is 0. The number of rotatable bonds is 10. The first-order valence-corrected chi connectivity index (χ1v) is 6.55. The summed E-state index contributed by atoms with van der Waals surface area (Å²) in [6.45, 7) is 1.76. The Balaban J connectivity index is 2.25. The predicted molar refractivity (Wildman–Crippen MR) is 79.6 cm³/mol. The minimum atomic E-state index is -0.269. The van der Waals surface area contributed by atoms with Crippen LogP contribution in [-0.2, 0) is 19.0 Å². The zero-order chi connectivity index (χ0) is 15.5. The molecule has 0 saturated carbocycles. The van der Waals surface area contributed by atoms with E-state index in [1.807, 2.05) is 0 Å². The fraction of sp³-hybridized carbons (Fsp3) is 0.500. The van der Waals surface area contributed by atoms with Crippen molar-refractivity contribution in [1.82, 2.24) is 0 Å². The number of carbonyl (C=O) groups excluding carboxylic acids is 1. The second-order valence-corrected chi connectivity index (χ2v) is 4.17. The van der Waals surface area contributed by atoms with Gasteiger partial charge in [-0.2, -0.15) is 0 Å². The average molecular weight is 298 g/mol. The van der Waals surface area contributed by atoms with E-state index < -0.39 is 0 Å². The van der Waals surface area contributed by atoms with Crippen LogP contribution in [0.2, 0.25) is 0 Å². The van der Waals surface area contributed by atoms with E-state index in [1.165, 1.54) is 7.11 Å². The Morgan fingerprint density at radius 1 is 1.14 bits per heavy atom. The van der Waals surface area contributed by atoms with Crippen LogP contribution in [0.5, 0.6) is 5.75 Å². The summed E-state index contributed by atoms with van der Waals surface area (Å²) in [4.78, 5) is 11.7. The predicted octanol–water partition coefficient (Wildman–Crippen LogP) is 0.895. The highest BCUT2D eigenvalue weighted by Gasteiger charge is 2.08. The number of ether oxygens (including phenoxy) is 4. The molecular formula is C14H22N2O5. The number of amides is 1. The van der Waals surface area contributed by atoms with Crippen molar-refractivity contribution in [2.45, 2.75) is 0 Å². The lowest BCUT2D eigenvalue weighted by atomic mass is 10.2. The smallest absolute Gasteiger partial charge is 0.250 e. The van der Waals surface area contributed by atoms with Crippen LogP contribution in [0.15, 0.2) is 18.2 Å². The van der Waals surface area contributed by atoms with Gasteiger partial charge in [0.15, 0.2) is 0 Å².